The molecule has 0 radical (unpaired) electrons. The number of benzene rings is 1. The Kier molecular flexibility index (Phi) is 6.71. The summed E-state index contributed by atoms with van der Waals surface area (Å²) in [7, 11) is 1.58. The highest BCUT2D eigenvalue weighted by atomic mass is 16.5. The van der Waals surface area contributed by atoms with Crippen LogP contribution in [-0.2, 0) is 11.3 Å². The number of unbranched alkanes of at least 4 members (excludes halogenated alkanes) is 1. The summed E-state index contributed by atoms with van der Waals surface area (Å²) >= 11 is 0. The number of amides is 2. The molecule has 0 aromatic heterocycles. The number of ether oxygens (including phenoxy) is 2. The second-order valence-corrected chi connectivity index (χ2v) is 6.88. The van der Waals surface area contributed by atoms with Crippen molar-refractivity contribution in [1.29, 1.82) is 0 Å². The van der Waals surface area contributed by atoms with Crippen molar-refractivity contribution < 1.29 is 24.2 Å². The molecule has 0 saturated carbocycles. The van der Waals surface area contributed by atoms with Crippen LogP contribution in [0.25, 0.3) is 0 Å². The molecule has 1 aliphatic heterocycles. The zero-order valence-electron chi connectivity index (χ0n) is 15.7. The van der Waals surface area contributed by atoms with Gasteiger partial charge in [0.15, 0.2) is 11.5 Å². The quantitative estimate of drug-likeness (QED) is 0.693. The van der Waals surface area contributed by atoms with Crippen LogP contribution in [0, 0.1) is 5.41 Å². The fourth-order valence-electron chi connectivity index (χ4n) is 2.87. The summed E-state index contributed by atoms with van der Waals surface area (Å²) in [5.41, 5.74) is 0.0242. The molecule has 144 valence electrons. The van der Waals surface area contributed by atoms with Crippen LogP contribution >= 0.6 is 0 Å². The minimum atomic E-state index is -0.865. The highest BCUT2D eigenvalue weighted by molar-refractivity contribution is 5.79. The van der Waals surface area contributed by atoms with Gasteiger partial charge in [0, 0.05) is 19.6 Å². The van der Waals surface area contributed by atoms with Gasteiger partial charge >= 0.3 is 12.0 Å². The van der Waals surface area contributed by atoms with E-state index in [4.69, 9.17) is 9.47 Å². The highest BCUT2D eigenvalue weighted by Crippen LogP contribution is 2.30. The standard InChI is InChI=1S/C19H28N2O5/c1-4-5-10-26-15-7-6-14(11-16(15)25-3)12-20-18(24)21-9-8-19(2,13-21)17(22)23/h6-7,11H,4-5,8-10,12-13H2,1-3H3,(H,20,24)(H,22,23). The van der Waals surface area contributed by atoms with Crippen molar-refractivity contribution in [3.8, 4) is 11.5 Å². The number of nitrogens with one attached hydrogen (secondary N) is 1. The van der Waals surface area contributed by atoms with E-state index in [9.17, 15) is 14.7 Å². The van der Waals surface area contributed by atoms with Crippen molar-refractivity contribution in [2.45, 2.75) is 39.7 Å². The molecule has 0 aliphatic carbocycles. The predicted octanol–water partition coefficient (Wildman–Crippen LogP) is 2.88. The minimum Gasteiger partial charge on any atom is -0.493 e. The molecule has 1 fully saturated rings. The van der Waals surface area contributed by atoms with E-state index in [-0.39, 0.29) is 12.6 Å². The third kappa shape index (κ3) is 4.80. The first kappa shape index (κ1) is 19.9. The number of nitrogens with zero attached hydrogens (tertiary/aromatic N) is 1. The second kappa shape index (κ2) is 8.78. The largest absolute Gasteiger partial charge is 0.493 e. The van der Waals surface area contributed by atoms with Crippen LogP contribution in [0.5, 0.6) is 11.5 Å². The molecular formula is C19H28N2O5. The number of carbonyl (C=O) groups excluding carboxylic acids is 1. The van der Waals surface area contributed by atoms with Gasteiger partial charge in [0.25, 0.3) is 0 Å². The third-order valence-corrected chi connectivity index (χ3v) is 4.70. The number of likely N-dealkylation sites (tertiary alicyclic amines) is 1. The number of urea groups is 1. The summed E-state index contributed by atoms with van der Waals surface area (Å²) in [6.45, 7) is 5.42. The average Bonchev–Trinajstić information content (AvgIpc) is 3.04. The number of hydrogen-bond acceptors (Lipinski definition) is 4. The third-order valence-electron chi connectivity index (χ3n) is 4.70. The van der Waals surface area contributed by atoms with E-state index < -0.39 is 11.4 Å². The summed E-state index contributed by atoms with van der Waals surface area (Å²) in [5, 5.41) is 12.1. The predicted molar refractivity (Wildman–Crippen MR) is 97.6 cm³/mol. The molecule has 1 aliphatic rings. The van der Waals surface area contributed by atoms with Crippen molar-refractivity contribution in [1.82, 2.24) is 10.2 Å². The van der Waals surface area contributed by atoms with Crippen LogP contribution < -0.4 is 14.8 Å². The van der Waals surface area contributed by atoms with Crippen molar-refractivity contribution in [3.63, 3.8) is 0 Å². The molecule has 0 spiro atoms. The lowest BCUT2D eigenvalue weighted by Gasteiger charge is -2.20. The van der Waals surface area contributed by atoms with Gasteiger partial charge < -0.3 is 24.8 Å². The number of carbonyl (C=O) groups is 2. The van der Waals surface area contributed by atoms with E-state index >= 15 is 0 Å². The molecule has 2 amide bonds. The van der Waals surface area contributed by atoms with E-state index in [2.05, 4.69) is 12.2 Å². The topological polar surface area (TPSA) is 88.1 Å². The van der Waals surface area contributed by atoms with Gasteiger partial charge in [0.2, 0.25) is 0 Å². The first-order valence-corrected chi connectivity index (χ1v) is 8.95. The van der Waals surface area contributed by atoms with Crippen molar-refractivity contribution in [3.05, 3.63) is 23.8 Å². The van der Waals surface area contributed by atoms with E-state index in [1.54, 1.807) is 18.9 Å². The molecule has 1 aromatic carbocycles. The molecule has 1 unspecified atom stereocenters. The number of methoxy groups -OCH3 is 1. The van der Waals surface area contributed by atoms with Crippen molar-refractivity contribution in [2.24, 2.45) is 5.41 Å². The first-order chi connectivity index (χ1) is 12.4. The maximum Gasteiger partial charge on any atom is 0.317 e. The van der Waals surface area contributed by atoms with Crippen molar-refractivity contribution in [2.75, 3.05) is 26.8 Å². The van der Waals surface area contributed by atoms with Gasteiger partial charge in [-0.25, -0.2) is 4.79 Å². The Morgan fingerprint density at radius 1 is 1.35 bits per heavy atom. The molecule has 7 nitrogen and oxygen atoms in total. The maximum atomic E-state index is 12.3. The fraction of sp³-hybridized carbons (Fsp3) is 0.579. The minimum absolute atomic E-state index is 0.224. The lowest BCUT2D eigenvalue weighted by atomic mass is 9.90. The molecule has 26 heavy (non-hydrogen) atoms. The van der Waals surface area contributed by atoms with Gasteiger partial charge in [-0.15, -0.1) is 0 Å². The van der Waals surface area contributed by atoms with Crippen LogP contribution in [0.2, 0.25) is 0 Å². The molecular weight excluding hydrogens is 336 g/mol. The van der Waals surface area contributed by atoms with Crippen LogP contribution in [0.15, 0.2) is 18.2 Å². The normalized spacial score (nSPS) is 19.3. The Bertz CT molecular complexity index is 649. The lowest BCUT2D eigenvalue weighted by Crippen LogP contribution is -2.40. The van der Waals surface area contributed by atoms with Gasteiger partial charge in [-0.2, -0.15) is 0 Å². The second-order valence-electron chi connectivity index (χ2n) is 6.88. The summed E-state index contributed by atoms with van der Waals surface area (Å²) in [6.07, 6.45) is 2.50. The zero-order chi connectivity index (χ0) is 19.2. The Hall–Kier alpha value is -2.44. The summed E-state index contributed by atoms with van der Waals surface area (Å²) in [5.74, 6) is 0.455. The molecule has 1 heterocycles. The smallest absolute Gasteiger partial charge is 0.317 e. The van der Waals surface area contributed by atoms with Gasteiger partial charge in [0.1, 0.15) is 0 Å². The monoisotopic (exact) mass is 364 g/mol. The van der Waals surface area contributed by atoms with Crippen LogP contribution in [-0.4, -0.2) is 48.8 Å². The fourth-order valence-corrected chi connectivity index (χ4v) is 2.87. The molecule has 7 heteroatoms. The van der Waals surface area contributed by atoms with Crippen LogP contribution in [0.3, 0.4) is 0 Å². The maximum absolute atomic E-state index is 12.3. The highest BCUT2D eigenvalue weighted by Gasteiger charge is 2.42. The van der Waals surface area contributed by atoms with Gasteiger partial charge in [-0.05, 0) is 37.5 Å². The van der Waals surface area contributed by atoms with E-state index in [1.165, 1.54) is 0 Å². The van der Waals surface area contributed by atoms with Gasteiger partial charge in [-0.3, -0.25) is 4.79 Å². The molecule has 2 rings (SSSR count). The van der Waals surface area contributed by atoms with E-state index in [0.29, 0.717) is 37.6 Å². The Balaban J connectivity index is 1.91. The lowest BCUT2D eigenvalue weighted by molar-refractivity contribution is -0.147. The molecule has 1 saturated heterocycles. The number of carboxylic acid groups (broad SMARTS) is 1. The van der Waals surface area contributed by atoms with Gasteiger partial charge in [-0.1, -0.05) is 19.4 Å². The number of carboxylic acids is 1. The Morgan fingerprint density at radius 3 is 2.73 bits per heavy atom. The van der Waals surface area contributed by atoms with E-state index in [0.717, 1.165) is 18.4 Å². The zero-order valence-corrected chi connectivity index (χ0v) is 15.7. The van der Waals surface area contributed by atoms with Crippen LogP contribution in [0.1, 0.15) is 38.7 Å². The summed E-state index contributed by atoms with van der Waals surface area (Å²) < 4.78 is 11.1. The Labute approximate surface area is 154 Å². The molecule has 2 N–H and O–H groups in total. The summed E-state index contributed by atoms with van der Waals surface area (Å²) in [6, 6.07) is 5.31. The molecule has 1 atom stereocenters. The SMILES string of the molecule is CCCCOc1ccc(CNC(=O)N2CCC(C)(C(=O)O)C2)cc1OC. The van der Waals surface area contributed by atoms with Crippen molar-refractivity contribution >= 4 is 12.0 Å². The number of aliphatic carboxylic acids is 1. The summed E-state index contributed by atoms with van der Waals surface area (Å²) in [4.78, 5) is 25.1. The van der Waals surface area contributed by atoms with Gasteiger partial charge in [0.05, 0.1) is 19.1 Å². The van der Waals surface area contributed by atoms with Crippen LogP contribution in [0.4, 0.5) is 4.79 Å². The number of rotatable bonds is 8. The number of hydrogen-bond donors (Lipinski definition) is 2. The van der Waals surface area contributed by atoms with E-state index in [1.807, 2.05) is 18.2 Å². The first-order valence-electron chi connectivity index (χ1n) is 8.95. The Morgan fingerprint density at radius 2 is 2.12 bits per heavy atom. The molecule has 0 bridgehead atoms. The molecule has 1 aromatic rings. The average molecular weight is 364 g/mol.